The van der Waals surface area contributed by atoms with Crippen molar-refractivity contribution in [2.24, 2.45) is 0 Å². The molecule has 1 fully saturated rings. The summed E-state index contributed by atoms with van der Waals surface area (Å²) in [6.07, 6.45) is 2.66. The van der Waals surface area contributed by atoms with E-state index in [1.165, 1.54) is 12.8 Å². The van der Waals surface area contributed by atoms with Crippen LogP contribution in [0.15, 0.2) is 18.2 Å². The molecule has 4 heteroatoms. The van der Waals surface area contributed by atoms with Crippen LogP contribution in [0.5, 0.6) is 5.75 Å². The molecular formula is C12H17ClN2O. The van der Waals surface area contributed by atoms with Gasteiger partial charge < -0.3 is 15.4 Å². The van der Waals surface area contributed by atoms with E-state index >= 15 is 0 Å². The smallest absolute Gasteiger partial charge is 0.137 e. The summed E-state index contributed by atoms with van der Waals surface area (Å²) in [5.41, 5.74) is 1.03. The second-order valence-corrected chi connectivity index (χ2v) is 4.41. The van der Waals surface area contributed by atoms with Gasteiger partial charge >= 0.3 is 0 Å². The van der Waals surface area contributed by atoms with E-state index in [0.717, 1.165) is 24.8 Å². The Labute approximate surface area is 101 Å². The van der Waals surface area contributed by atoms with Crippen LogP contribution in [0.4, 0.5) is 5.69 Å². The Morgan fingerprint density at radius 2 is 2.19 bits per heavy atom. The van der Waals surface area contributed by atoms with Gasteiger partial charge in [0.15, 0.2) is 0 Å². The summed E-state index contributed by atoms with van der Waals surface area (Å²) >= 11 is 6.02. The Morgan fingerprint density at radius 1 is 1.38 bits per heavy atom. The number of rotatable bonds is 6. The maximum absolute atomic E-state index is 6.02. The Bertz CT molecular complexity index is 353. The highest BCUT2D eigenvalue weighted by Gasteiger charge is 2.19. The third-order valence-corrected chi connectivity index (χ3v) is 2.91. The van der Waals surface area contributed by atoms with Gasteiger partial charge in [-0.25, -0.2) is 0 Å². The van der Waals surface area contributed by atoms with Crippen LogP contribution < -0.4 is 15.4 Å². The van der Waals surface area contributed by atoms with Crippen molar-refractivity contribution in [2.75, 3.05) is 25.5 Å². The zero-order chi connectivity index (χ0) is 11.4. The lowest BCUT2D eigenvalue weighted by atomic mass is 10.3. The molecule has 1 aliphatic carbocycles. The summed E-state index contributed by atoms with van der Waals surface area (Å²) in [7, 11) is 1.62. The number of hydrogen-bond donors (Lipinski definition) is 2. The fraction of sp³-hybridized carbons (Fsp3) is 0.500. The molecule has 0 spiro atoms. The van der Waals surface area contributed by atoms with Gasteiger partial charge in [-0.2, -0.15) is 0 Å². The Hall–Kier alpha value is -0.930. The van der Waals surface area contributed by atoms with Crippen molar-refractivity contribution < 1.29 is 4.74 Å². The highest BCUT2D eigenvalue weighted by molar-refractivity contribution is 6.32. The Balaban J connectivity index is 1.77. The summed E-state index contributed by atoms with van der Waals surface area (Å²) in [5, 5.41) is 7.40. The molecule has 0 heterocycles. The molecule has 16 heavy (non-hydrogen) atoms. The first kappa shape index (κ1) is 11.6. The lowest BCUT2D eigenvalue weighted by Crippen LogP contribution is -2.23. The van der Waals surface area contributed by atoms with Gasteiger partial charge in [0.05, 0.1) is 12.1 Å². The van der Waals surface area contributed by atoms with Crippen LogP contribution in [-0.4, -0.2) is 26.2 Å². The highest BCUT2D eigenvalue weighted by Crippen LogP contribution is 2.27. The first-order chi connectivity index (χ1) is 7.79. The average Bonchev–Trinajstić information content (AvgIpc) is 3.08. The van der Waals surface area contributed by atoms with Gasteiger partial charge in [-0.15, -0.1) is 0 Å². The maximum Gasteiger partial charge on any atom is 0.137 e. The molecule has 2 rings (SSSR count). The first-order valence-corrected chi connectivity index (χ1v) is 5.98. The molecule has 1 aromatic carbocycles. The van der Waals surface area contributed by atoms with Crippen molar-refractivity contribution >= 4 is 17.3 Å². The molecule has 3 nitrogen and oxygen atoms in total. The average molecular weight is 241 g/mol. The van der Waals surface area contributed by atoms with Crippen LogP contribution >= 0.6 is 11.6 Å². The largest absolute Gasteiger partial charge is 0.495 e. The van der Waals surface area contributed by atoms with Crippen molar-refractivity contribution in [2.45, 2.75) is 18.9 Å². The van der Waals surface area contributed by atoms with Gasteiger partial charge in [-0.3, -0.25) is 0 Å². The van der Waals surface area contributed by atoms with E-state index in [4.69, 9.17) is 16.3 Å². The van der Waals surface area contributed by atoms with Crippen molar-refractivity contribution in [3.8, 4) is 5.75 Å². The second kappa shape index (κ2) is 5.41. The minimum Gasteiger partial charge on any atom is -0.495 e. The Morgan fingerprint density at radius 3 is 2.81 bits per heavy atom. The summed E-state index contributed by atoms with van der Waals surface area (Å²) in [6.45, 7) is 1.91. The summed E-state index contributed by atoms with van der Waals surface area (Å²) < 4.78 is 5.09. The van der Waals surface area contributed by atoms with Gasteiger partial charge in [-0.05, 0) is 31.0 Å². The zero-order valence-corrected chi connectivity index (χ0v) is 10.2. The van der Waals surface area contributed by atoms with E-state index in [0.29, 0.717) is 10.8 Å². The molecule has 0 aliphatic heterocycles. The molecule has 1 saturated carbocycles. The molecule has 0 bridgehead atoms. The molecule has 0 unspecified atom stereocenters. The molecule has 88 valence electrons. The lowest BCUT2D eigenvalue weighted by Gasteiger charge is -2.09. The number of nitrogens with one attached hydrogen (secondary N) is 2. The number of methoxy groups -OCH3 is 1. The molecular weight excluding hydrogens is 224 g/mol. The normalized spacial score (nSPS) is 14.9. The van der Waals surface area contributed by atoms with Gasteiger partial charge in [0.1, 0.15) is 5.75 Å². The molecule has 1 aliphatic rings. The van der Waals surface area contributed by atoms with E-state index in [2.05, 4.69) is 10.6 Å². The number of benzene rings is 1. The number of hydrogen-bond acceptors (Lipinski definition) is 3. The highest BCUT2D eigenvalue weighted by atomic mass is 35.5. The fourth-order valence-corrected chi connectivity index (χ4v) is 1.80. The van der Waals surface area contributed by atoms with E-state index < -0.39 is 0 Å². The fourth-order valence-electron chi connectivity index (χ4n) is 1.55. The molecule has 0 saturated heterocycles. The predicted molar refractivity (Wildman–Crippen MR) is 67.5 cm³/mol. The number of halogens is 1. The van der Waals surface area contributed by atoms with E-state index in [1.54, 1.807) is 7.11 Å². The van der Waals surface area contributed by atoms with Gasteiger partial charge in [0, 0.05) is 24.8 Å². The maximum atomic E-state index is 6.02. The van der Waals surface area contributed by atoms with Crippen molar-refractivity contribution in [3.63, 3.8) is 0 Å². The van der Waals surface area contributed by atoms with Crippen LogP contribution in [0.1, 0.15) is 12.8 Å². The van der Waals surface area contributed by atoms with Crippen LogP contribution in [-0.2, 0) is 0 Å². The quantitative estimate of drug-likeness (QED) is 0.750. The summed E-state index contributed by atoms with van der Waals surface area (Å²) in [4.78, 5) is 0. The van der Waals surface area contributed by atoms with E-state index in [-0.39, 0.29) is 0 Å². The molecule has 2 N–H and O–H groups in total. The van der Waals surface area contributed by atoms with Gasteiger partial charge in [-0.1, -0.05) is 11.6 Å². The van der Waals surface area contributed by atoms with Crippen LogP contribution in [0.25, 0.3) is 0 Å². The molecule has 0 atom stereocenters. The topological polar surface area (TPSA) is 33.3 Å². The van der Waals surface area contributed by atoms with Crippen molar-refractivity contribution in [3.05, 3.63) is 23.2 Å². The third kappa shape index (κ3) is 3.29. The standard InChI is InChI=1S/C12H17ClN2O/c1-16-12-5-4-10(8-11(12)13)15-7-6-14-9-2-3-9/h4-5,8-9,14-15H,2-3,6-7H2,1H3. The van der Waals surface area contributed by atoms with Crippen LogP contribution in [0.2, 0.25) is 5.02 Å². The zero-order valence-electron chi connectivity index (χ0n) is 9.42. The van der Waals surface area contributed by atoms with E-state index in [1.807, 2.05) is 18.2 Å². The Kier molecular flexibility index (Phi) is 3.91. The van der Waals surface area contributed by atoms with Crippen molar-refractivity contribution in [1.29, 1.82) is 0 Å². The molecule has 0 aromatic heterocycles. The summed E-state index contributed by atoms with van der Waals surface area (Å²) in [6, 6.07) is 6.50. The minimum atomic E-state index is 0.641. The van der Waals surface area contributed by atoms with Crippen LogP contribution in [0.3, 0.4) is 0 Å². The second-order valence-electron chi connectivity index (χ2n) is 4.00. The number of anilines is 1. The SMILES string of the molecule is COc1ccc(NCCNC2CC2)cc1Cl. The lowest BCUT2D eigenvalue weighted by molar-refractivity contribution is 0.415. The minimum absolute atomic E-state index is 0.641. The number of ether oxygens (including phenoxy) is 1. The summed E-state index contributed by atoms with van der Waals surface area (Å²) in [5.74, 6) is 0.711. The van der Waals surface area contributed by atoms with Gasteiger partial charge in [0.25, 0.3) is 0 Å². The van der Waals surface area contributed by atoms with E-state index in [9.17, 15) is 0 Å². The monoisotopic (exact) mass is 240 g/mol. The predicted octanol–water partition coefficient (Wildman–Crippen LogP) is 2.51. The van der Waals surface area contributed by atoms with Crippen LogP contribution in [0, 0.1) is 0 Å². The molecule has 0 amide bonds. The first-order valence-electron chi connectivity index (χ1n) is 5.60. The molecule has 1 aromatic rings. The third-order valence-electron chi connectivity index (χ3n) is 2.62. The van der Waals surface area contributed by atoms with Crippen molar-refractivity contribution in [1.82, 2.24) is 5.32 Å². The van der Waals surface area contributed by atoms with Gasteiger partial charge in [0.2, 0.25) is 0 Å². The molecule has 0 radical (unpaired) electrons.